The zero-order valence-electron chi connectivity index (χ0n) is 19.7. The molecule has 8 heteroatoms. The lowest BCUT2D eigenvalue weighted by molar-refractivity contribution is 0.00648. The number of carbonyl (C=O) groups excluding carboxylic acids is 2. The zero-order chi connectivity index (χ0) is 23.5. The van der Waals surface area contributed by atoms with Crippen LogP contribution in [0.3, 0.4) is 0 Å². The molecule has 32 heavy (non-hydrogen) atoms. The Morgan fingerprint density at radius 3 is 2.41 bits per heavy atom. The fourth-order valence-electron chi connectivity index (χ4n) is 4.20. The van der Waals surface area contributed by atoms with Crippen LogP contribution in [0, 0.1) is 5.92 Å². The smallest absolute Gasteiger partial charge is 0.410 e. The van der Waals surface area contributed by atoms with Crippen molar-refractivity contribution in [2.24, 2.45) is 5.92 Å². The summed E-state index contributed by atoms with van der Waals surface area (Å²) in [6.45, 7) is 8.27. The molecule has 1 saturated carbocycles. The van der Waals surface area contributed by atoms with Crippen molar-refractivity contribution in [3.63, 3.8) is 0 Å². The topological polar surface area (TPSA) is 68.3 Å². The Kier molecular flexibility index (Phi) is 8.09. The van der Waals surface area contributed by atoms with Crippen LogP contribution in [0.25, 0.3) is 0 Å². The summed E-state index contributed by atoms with van der Waals surface area (Å²) in [5, 5.41) is 0. The molecule has 1 aliphatic heterocycles. The molecule has 0 aromatic heterocycles. The Balaban J connectivity index is 1.39. The molecular weight excluding hydrogens is 476 g/mol. The molecule has 2 fully saturated rings. The van der Waals surface area contributed by atoms with Crippen LogP contribution in [0.2, 0.25) is 0 Å². The van der Waals surface area contributed by atoms with E-state index in [0.717, 1.165) is 55.5 Å². The number of esters is 1. The van der Waals surface area contributed by atoms with E-state index in [1.54, 1.807) is 12.1 Å². The number of benzene rings is 1. The van der Waals surface area contributed by atoms with Crippen LogP contribution < -0.4 is 4.74 Å². The minimum atomic E-state index is -0.448. The van der Waals surface area contributed by atoms with Gasteiger partial charge in [-0.25, -0.2) is 9.59 Å². The third-order valence-electron chi connectivity index (χ3n) is 6.15. The van der Waals surface area contributed by atoms with Crippen molar-refractivity contribution >= 4 is 28.0 Å². The Labute approximate surface area is 199 Å². The predicted molar refractivity (Wildman–Crippen MR) is 126 cm³/mol. The van der Waals surface area contributed by atoms with E-state index in [9.17, 15) is 9.59 Å². The summed E-state index contributed by atoms with van der Waals surface area (Å²) in [5.41, 5.74) is 0.0475. The van der Waals surface area contributed by atoms with E-state index in [1.807, 2.05) is 31.7 Å². The molecule has 1 aliphatic carbocycles. The maximum absolute atomic E-state index is 12.2. The van der Waals surface area contributed by atoms with Gasteiger partial charge in [-0.15, -0.1) is 0 Å². The first-order chi connectivity index (χ1) is 15.1. The van der Waals surface area contributed by atoms with E-state index < -0.39 is 5.60 Å². The first kappa shape index (κ1) is 24.8. The molecule has 1 aromatic carbocycles. The van der Waals surface area contributed by atoms with Gasteiger partial charge >= 0.3 is 12.1 Å². The number of nitrogens with zero attached hydrogens (tertiary/aromatic N) is 2. The van der Waals surface area contributed by atoms with Gasteiger partial charge in [0.05, 0.1) is 17.1 Å². The van der Waals surface area contributed by atoms with Gasteiger partial charge in [0, 0.05) is 38.5 Å². The first-order valence-electron chi connectivity index (χ1n) is 11.3. The number of carbonyl (C=O) groups is 2. The monoisotopic (exact) mass is 510 g/mol. The Morgan fingerprint density at radius 2 is 1.84 bits per heavy atom. The Hall–Kier alpha value is -1.80. The van der Waals surface area contributed by atoms with Crippen LogP contribution >= 0.6 is 15.9 Å². The van der Waals surface area contributed by atoms with Gasteiger partial charge < -0.3 is 24.0 Å². The van der Waals surface area contributed by atoms with Crippen LogP contribution in [-0.2, 0) is 9.47 Å². The standard InChI is InChI=1S/C24H35BrN2O5/c1-24(2,3)32-23(29)27-10-8-16(9-11-27)15-26(4)18-13-19(14-18)31-21-7-6-17(12-20(21)25)22(28)30-5/h6-7,12,16,18-19H,8-11,13-15H2,1-5H3. The van der Waals surface area contributed by atoms with Crippen molar-refractivity contribution in [3.05, 3.63) is 28.2 Å². The van der Waals surface area contributed by atoms with Crippen LogP contribution in [-0.4, -0.2) is 73.4 Å². The van der Waals surface area contributed by atoms with Crippen molar-refractivity contribution < 1.29 is 23.8 Å². The fourth-order valence-corrected chi connectivity index (χ4v) is 4.67. The van der Waals surface area contributed by atoms with Gasteiger partial charge in [0.2, 0.25) is 0 Å². The van der Waals surface area contributed by atoms with Crippen LogP contribution in [0.1, 0.15) is 56.8 Å². The summed E-state index contributed by atoms with van der Waals surface area (Å²) < 4.78 is 17.1. The lowest BCUT2D eigenvalue weighted by Gasteiger charge is -2.43. The summed E-state index contributed by atoms with van der Waals surface area (Å²) in [5.74, 6) is 0.983. The zero-order valence-corrected chi connectivity index (χ0v) is 21.3. The highest BCUT2D eigenvalue weighted by molar-refractivity contribution is 9.10. The van der Waals surface area contributed by atoms with Gasteiger partial charge in [-0.2, -0.15) is 0 Å². The summed E-state index contributed by atoms with van der Waals surface area (Å²) in [4.78, 5) is 28.1. The number of halogens is 1. The minimum absolute atomic E-state index is 0.178. The molecule has 178 valence electrons. The number of hydrogen-bond donors (Lipinski definition) is 0. The number of likely N-dealkylation sites (tertiary alicyclic amines) is 1. The van der Waals surface area contributed by atoms with Gasteiger partial charge in [0.25, 0.3) is 0 Å². The Bertz CT molecular complexity index is 811. The van der Waals surface area contributed by atoms with Gasteiger partial charge in [-0.1, -0.05) is 0 Å². The number of ether oxygens (including phenoxy) is 3. The second kappa shape index (κ2) is 10.4. The molecule has 0 spiro atoms. The van der Waals surface area contributed by atoms with Crippen molar-refractivity contribution in [2.45, 2.75) is 64.2 Å². The number of hydrogen-bond acceptors (Lipinski definition) is 6. The predicted octanol–water partition coefficient (Wildman–Crippen LogP) is 4.72. The molecule has 2 aliphatic rings. The van der Waals surface area contributed by atoms with Crippen molar-refractivity contribution in [1.82, 2.24) is 9.80 Å². The maximum atomic E-state index is 12.2. The average molecular weight is 511 g/mol. The maximum Gasteiger partial charge on any atom is 0.410 e. The molecule has 0 atom stereocenters. The second-order valence-electron chi connectivity index (χ2n) is 9.85. The molecule has 1 amide bonds. The van der Waals surface area contributed by atoms with Crippen molar-refractivity contribution in [3.8, 4) is 5.75 Å². The third kappa shape index (κ3) is 6.61. The molecule has 0 unspecified atom stereocenters. The quantitative estimate of drug-likeness (QED) is 0.515. The molecule has 1 heterocycles. The van der Waals surface area contributed by atoms with Gasteiger partial charge in [-0.3, -0.25) is 0 Å². The molecular formula is C24H35BrN2O5. The lowest BCUT2D eigenvalue weighted by Crippen LogP contribution is -2.50. The number of piperidine rings is 1. The molecule has 1 saturated heterocycles. The summed E-state index contributed by atoms with van der Waals surface area (Å²) in [6.07, 6.45) is 3.97. The highest BCUT2D eigenvalue weighted by Gasteiger charge is 2.35. The molecule has 0 radical (unpaired) electrons. The van der Waals surface area contributed by atoms with Crippen LogP contribution in [0.4, 0.5) is 4.79 Å². The van der Waals surface area contributed by atoms with E-state index in [-0.39, 0.29) is 18.2 Å². The normalized spacial score (nSPS) is 21.8. The summed E-state index contributed by atoms with van der Waals surface area (Å²) in [6, 6.07) is 5.77. The summed E-state index contributed by atoms with van der Waals surface area (Å²) in [7, 11) is 3.55. The van der Waals surface area contributed by atoms with Crippen molar-refractivity contribution in [2.75, 3.05) is 33.8 Å². The SMILES string of the molecule is COC(=O)c1ccc(OC2CC(N(C)CC3CCN(C(=O)OC(C)(C)C)CC3)C2)c(Br)c1. The number of rotatable bonds is 6. The van der Waals surface area contributed by atoms with Gasteiger partial charge in [0.15, 0.2) is 0 Å². The van der Waals surface area contributed by atoms with E-state index >= 15 is 0 Å². The number of methoxy groups -OCH3 is 1. The molecule has 0 bridgehead atoms. The molecule has 1 aromatic rings. The fraction of sp³-hybridized carbons (Fsp3) is 0.667. The van der Waals surface area contributed by atoms with Gasteiger partial charge in [-0.05, 0) is 80.7 Å². The highest BCUT2D eigenvalue weighted by atomic mass is 79.9. The van der Waals surface area contributed by atoms with E-state index in [1.165, 1.54) is 7.11 Å². The largest absolute Gasteiger partial charge is 0.489 e. The van der Waals surface area contributed by atoms with E-state index in [2.05, 4.69) is 27.9 Å². The minimum Gasteiger partial charge on any atom is -0.489 e. The van der Waals surface area contributed by atoms with Crippen LogP contribution in [0.15, 0.2) is 22.7 Å². The van der Waals surface area contributed by atoms with Crippen molar-refractivity contribution in [1.29, 1.82) is 0 Å². The average Bonchev–Trinajstić information content (AvgIpc) is 2.69. The Morgan fingerprint density at radius 1 is 1.19 bits per heavy atom. The highest BCUT2D eigenvalue weighted by Crippen LogP contribution is 2.34. The third-order valence-corrected chi connectivity index (χ3v) is 6.77. The molecule has 3 rings (SSSR count). The first-order valence-corrected chi connectivity index (χ1v) is 12.1. The lowest BCUT2D eigenvalue weighted by atomic mass is 9.86. The van der Waals surface area contributed by atoms with E-state index in [0.29, 0.717) is 17.5 Å². The van der Waals surface area contributed by atoms with Gasteiger partial charge in [0.1, 0.15) is 17.5 Å². The molecule has 7 nitrogen and oxygen atoms in total. The summed E-state index contributed by atoms with van der Waals surface area (Å²) >= 11 is 3.49. The molecule has 0 N–H and O–H groups in total. The van der Waals surface area contributed by atoms with E-state index in [4.69, 9.17) is 14.2 Å². The van der Waals surface area contributed by atoms with Crippen LogP contribution in [0.5, 0.6) is 5.75 Å². The number of amides is 1. The second-order valence-corrected chi connectivity index (χ2v) is 10.7.